The van der Waals surface area contributed by atoms with Crippen molar-refractivity contribution < 1.29 is 14.3 Å². The van der Waals surface area contributed by atoms with E-state index in [1.807, 2.05) is 45.0 Å². The second-order valence-corrected chi connectivity index (χ2v) is 8.33. The molecule has 0 saturated heterocycles. The van der Waals surface area contributed by atoms with Crippen LogP contribution in [0.5, 0.6) is 0 Å². The van der Waals surface area contributed by atoms with Crippen molar-refractivity contribution >= 4 is 22.5 Å². The first-order chi connectivity index (χ1) is 14.0. The molecule has 0 aromatic heterocycles. The van der Waals surface area contributed by atoms with Gasteiger partial charge in [0.05, 0.1) is 12.2 Å². The molecule has 0 unspecified atom stereocenters. The van der Waals surface area contributed by atoms with Crippen molar-refractivity contribution in [1.82, 2.24) is 5.32 Å². The van der Waals surface area contributed by atoms with Crippen LogP contribution in [0.15, 0.2) is 65.0 Å². The molecular formula is C25H27NO3. The topological polar surface area (TPSA) is 55.4 Å². The van der Waals surface area contributed by atoms with E-state index in [2.05, 4.69) is 23.5 Å². The number of esters is 1. The van der Waals surface area contributed by atoms with Crippen LogP contribution in [-0.4, -0.2) is 18.4 Å². The van der Waals surface area contributed by atoms with Gasteiger partial charge in [-0.1, -0.05) is 56.3 Å². The number of allylic oxidation sites excluding steroid dienone is 3. The van der Waals surface area contributed by atoms with E-state index >= 15 is 0 Å². The number of benzene rings is 2. The third kappa shape index (κ3) is 3.59. The molecule has 1 heterocycles. The molecule has 0 bridgehead atoms. The minimum Gasteiger partial charge on any atom is -0.462 e. The second kappa shape index (κ2) is 7.86. The van der Waals surface area contributed by atoms with E-state index < -0.39 is 5.92 Å². The van der Waals surface area contributed by atoms with Crippen molar-refractivity contribution in [2.45, 2.75) is 46.0 Å². The Morgan fingerprint density at radius 1 is 1.14 bits per heavy atom. The zero-order chi connectivity index (χ0) is 20.5. The predicted molar refractivity (Wildman–Crippen MR) is 114 cm³/mol. The van der Waals surface area contributed by atoms with E-state index in [1.54, 1.807) is 0 Å². The molecule has 0 spiro atoms. The number of ether oxygens (including phenoxy) is 1. The average Bonchev–Trinajstić information content (AvgIpc) is 2.71. The van der Waals surface area contributed by atoms with E-state index in [0.717, 1.165) is 46.1 Å². The monoisotopic (exact) mass is 389 g/mol. The van der Waals surface area contributed by atoms with Gasteiger partial charge in [-0.3, -0.25) is 4.79 Å². The van der Waals surface area contributed by atoms with Gasteiger partial charge in [0.15, 0.2) is 5.78 Å². The van der Waals surface area contributed by atoms with Crippen LogP contribution in [-0.2, 0) is 14.3 Å². The van der Waals surface area contributed by atoms with E-state index in [9.17, 15) is 9.59 Å². The summed E-state index contributed by atoms with van der Waals surface area (Å²) in [6.07, 6.45) is 2.19. The number of nitrogens with one attached hydrogen (secondary N) is 1. The van der Waals surface area contributed by atoms with Gasteiger partial charge in [0.25, 0.3) is 0 Å². The van der Waals surface area contributed by atoms with Crippen molar-refractivity contribution in [1.29, 1.82) is 0 Å². The number of hydrogen-bond acceptors (Lipinski definition) is 4. The summed E-state index contributed by atoms with van der Waals surface area (Å²) >= 11 is 0. The largest absolute Gasteiger partial charge is 0.462 e. The number of rotatable bonds is 4. The minimum absolute atomic E-state index is 0.123. The lowest BCUT2D eigenvalue weighted by atomic mass is 9.74. The molecule has 1 N–H and O–H groups in total. The standard InChI is InChI=1S/C25H27NO3/c1-15(2)14-29-25(28)22-16(3)26-20-12-7-13-21(27)24(20)23(22)19-11-6-9-17-8-4-5-10-18(17)19/h4-6,8-11,15,23,26H,7,12-14H2,1-3H3/t23-/m0/s1. The summed E-state index contributed by atoms with van der Waals surface area (Å²) in [6, 6.07) is 14.2. The van der Waals surface area contributed by atoms with Crippen molar-refractivity contribution in [2.75, 3.05) is 6.61 Å². The van der Waals surface area contributed by atoms with Crippen molar-refractivity contribution in [3.63, 3.8) is 0 Å². The molecule has 0 fully saturated rings. The second-order valence-electron chi connectivity index (χ2n) is 8.33. The molecule has 4 nitrogen and oxygen atoms in total. The Morgan fingerprint density at radius 2 is 1.90 bits per heavy atom. The Balaban J connectivity index is 1.90. The van der Waals surface area contributed by atoms with Gasteiger partial charge in [-0.25, -0.2) is 4.79 Å². The summed E-state index contributed by atoms with van der Waals surface area (Å²) < 4.78 is 5.62. The number of carbonyl (C=O) groups excluding carboxylic acids is 2. The number of hydrogen-bond donors (Lipinski definition) is 1. The van der Waals surface area contributed by atoms with Gasteiger partial charge in [0.2, 0.25) is 0 Å². The summed E-state index contributed by atoms with van der Waals surface area (Å²) in [6.45, 7) is 6.30. The molecule has 150 valence electrons. The molecule has 2 aliphatic rings. The average molecular weight is 389 g/mol. The molecule has 1 aliphatic carbocycles. The number of carbonyl (C=O) groups is 2. The molecule has 1 atom stereocenters. The molecule has 2 aromatic carbocycles. The van der Waals surface area contributed by atoms with Gasteiger partial charge in [-0.05, 0) is 42.0 Å². The summed E-state index contributed by atoms with van der Waals surface area (Å²) in [5.74, 6) is -0.367. The third-order valence-electron chi connectivity index (χ3n) is 5.68. The smallest absolute Gasteiger partial charge is 0.336 e. The maximum Gasteiger partial charge on any atom is 0.336 e. The lowest BCUT2D eigenvalue weighted by Crippen LogP contribution is -2.34. The maximum absolute atomic E-state index is 13.2. The molecule has 0 saturated carbocycles. The summed E-state index contributed by atoms with van der Waals surface area (Å²) in [7, 11) is 0. The van der Waals surface area contributed by atoms with Gasteiger partial charge in [0.1, 0.15) is 0 Å². The van der Waals surface area contributed by atoms with Crippen LogP contribution in [0.25, 0.3) is 10.8 Å². The Kier molecular flexibility index (Phi) is 5.27. The van der Waals surface area contributed by atoms with E-state index in [-0.39, 0.29) is 17.7 Å². The fraction of sp³-hybridized carbons (Fsp3) is 0.360. The first-order valence-electron chi connectivity index (χ1n) is 10.4. The zero-order valence-corrected chi connectivity index (χ0v) is 17.2. The van der Waals surface area contributed by atoms with Crippen LogP contribution in [0.4, 0.5) is 0 Å². The van der Waals surface area contributed by atoms with Gasteiger partial charge < -0.3 is 10.1 Å². The summed E-state index contributed by atoms with van der Waals surface area (Å²) in [5.41, 5.74) is 4.01. The Hall–Kier alpha value is -2.88. The van der Waals surface area contributed by atoms with Crippen LogP contribution in [0.1, 0.15) is 51.5 Å². The van der Waals surface area contributed by atoms with Crippen molar-refractivity contribution in [3.05, 3.63) is 70.6 Å². The molecule has 1 aliphatic heterocycles. The first-order valence-corrected chi connectivity index (χ1v) is 10.4. The van der Waals surface area contributed by atoms with E-state index in [1.165, 1.54) is 0 Å². The molecule has 0 amide bonds. The van der Waals surface area contributed by atoms with Gasteiger partial charge >= 0.3 is 5.97 Å². The fourth-order valence-corrected chi connectivity index (χ4v) is 4.39. The maximum atomic E-state index is 13.2. The molecule has 4 heteroatoms. The molecular weight excluding hydrogens is 362 g/mol. The van der Waals surface area contributed by atoms with Crippen LogP contribution < -0.4 is 5.32 Å². The highest BCUT2D eigenvalue weighted by Crippen LogP contribution is 2.44. The zero-order valence-electron chi connectivity index (χ0n) is 17.2. The van der Waals surface area contributed by atoms with E-state index in [4.69, 9.17) is 4.74 Å². The normalized spacial score (nSPS) is 19.4. The third-order valence-corrected chi connectivity index (χ3v) is 5.68. The lowest BCUT2D eigenvalue weighted by molar-refractivity contribution is -0.140. The van der Waals surface area contributed by atoms with E-state index in [0.29, 0.717) is 18.6 Å². The van der Waals surface area contributed by atoms with Crippen LogP contribution >= 0.6 is 0 Å². The number of ketones is 1. The van der Waals surface area contributed by atoms with Gasteiger partial charge in [-0.15, -0.1) is 0 Å². The predicted octanol–water partition coefficient (Wildman–Crippen LogP) is 5.01. The Bertz CT molecular complexity index is 1040. The van der Waals surface area contributed by atoms with Crippen molar-refractivity contribution in [2.24, 2.45) is 5.92 Å². The fourth-order valence-electron chi connectivity index (χ4n) is 4.39. The molecule has 29 heavy (non-hydrogen) atoms. The highest BCUT2D eigenvalue weighted by molar-refractivity contribution is 6.05. The van der Waals surface area contributed by atoms with Gasteiger partial charge in [-0.2, -0.15) is 0 Å². The number of Topliss-reactive ketones (excluding diaryl/α,β-unsaturated/α-hetero) is 1. The first kappa shape index (κ1) is 19.4. The van der Waals surface area contributed by atoms with Crippen LogP contribution in [0.3, 0.4) is 0 Å². The summed E-state index contributed by atoms with van der Waals surface area (Å²) in [5, 5.41) is 5.52. The lowest BCUT2D eigenvalue weighted by Gasteiger charge is -2.34. The quantitative estimate of drug-likeness (QED) is 0.747. The highest BCUT2D eigenvalue weighted by atomic mass is 16.5. The number of fused-ring (bicyclic) bond motifs is 1. The number of dihydropyridines is 1. The Labute approximate surface area is 171 Å². The van der Waals surface area contributed by atoms with Crippen LogP contribution in [0, 0.1) is 5.92 Å². The minimum atomic E-state index is -0.398. The van der Waals surface area contributed by atoms with Crippen LogP contribution in [0.2, 0.25) is 0 Å². The van der Waals surface area contributed by atoms with Gasteiger partial charge in [0, 0.05) is 29.3 Å². The molecule has 4 rings (SSSR count). The molecule has 2 aromatic rings. The van der Waals surface area contributed by atoms with Crippen molar-refractivity contribution in [3.8, 4) is 0 Å². The SMILES string of the molecule is CC1=C(C(=O)OCC(C)C)[C@H](c2cccc3ccccc23)C2=C(CCCC2=O)N1. The highest BCUT2D eigenvalue weighted by Gasteiger charge is 2.39. The Morgan fingerprint density at radius 3 is 2.69 bits per heavy atom. The summed E-state index contributed by atoms with van der Waals surface area (Å²) in [4.78, 5) is 26.2. The molecule has 0 radical (unpaired) electrons.